The number of aliphatic imine (C=N–C) groups is 1. The third-order valence-corrected chi connectivity index (χ3v) is 6.36. The van der Waals surface area contributed by atoms with E-state index in [1.807, 2.05) is 0 Å². The van der Waals surface area contributed by atoms with Crippen molar-refractivity contribution in [3.63, 3.8) is 0 Å². The van der Waals surface area contributed by atoms with E-state index in [1.54, 1.807) is 7.05 Å². The summed E-state index contributed by atoms with van der Waals surface area (Å²) in [5.41, 5.74) is 0. The summed E-state index contributed by atoms with van der Waals surface area (Å²) in [4.78, 5) is 3.84. The van der Waals surface area contributed by atoms with E-state index in [0.717, 1.165) is 24.9 Å². The highest BCUT2D eigenvalue weighted by Gasteiger charge is 2.18. The van der Waals surface area contributed by atoms with Gasteiger partial charge in [-0.2, -0.15) is 0 Å². The number of hydrogen-bond acceptors (Lipinski definition) is 3. The van der Waals surface area contributed by atoms with Gasteiger partial charge in [-0.1, -0.05) is 37.8 Å². The molecule has 0 amide bonds. The van der Waals surface area contributed by atoms with Gasteiger partial charge in [0.25, 0.3) is 0 Å². The predicted octanol–water partition coefficient (Wildman–Crippen LogP) is 2.73. The Kier molecular flexibility index (Phi) is 7.68. The zero-order valence-corrected chi connectivity index (χ0v) is 15.6. The lowest BCUT2D eigenvalue weighted by Gasteiger charge is -2.13. The van der Waals surface area contributed by atoms with Gasteiger partial charge < -0.3 is 10.6 Å². The summed E-state index contributed by atoms with van der Waals surface area (Å²) >= 11 is 0. The van der Waals surface area contributed by atoms with Gasteiger partial charge in [0, 0.05) is 20.1 Å². The molecular formula is C18H28FN3O2S. The number of sulfone groups is 1. The molecule has 1 fully saturated rings. The monoisotopic (exact) mass is 369 g/mol. The van der Waals surface area contributed by atoms with Crippen molar-refractivity contribution in [2.45, 2.75) is 43.4 Å². The highest BCUT2D eigenvalue weighted by atomic mass is 32.2. The summed E-state index contributed by atoms with van der Waals surface area (Å²) in [6.45, 7) is 0.995. The van der Waals surface area contributed by atoms with E-state index in [9.17, 15) is 12.8 Å². The van der Waals surface area contributed by atoms with Crippen molar-refractivity contribution in [1.82, 2.24) is 10.6 Å². The minimum absolute atomic E-state index is 0.180. The normalized spacial score (nSPS) is 16.2. The molecule has 0 saturated heterocycles. The van der Waals surface area contributed by atoms with Gasteiger partial charge >= 0.3 is 0 Å². The summed E-state index contributed by atoms with van der Waals surface area (Å²) in [6.07, 6.45) is 7.72. The van der Waals surface area contributed by atoms with Crippen molar-refractivity contribution >= 4 is 15.8 Å². The van der Waals surface area contributed by atoms with E-state index in [0.29, 0.717) is 5.96 Å². The summed E-state index contributed by atoms with van der Waals surface area (Å²) < 4.78 is 38.0. The average molecular weight is 370 g/mol. The maximum Gasteiger partial charge on any atom is 0.191 e. The lowest BCUT2D eigenvalue weighted by Crippen LogP contribution is -2.40. The molecule has 1 saturated carbocycles. The summed E-state index contributed by atoms with van der Waals surface area (Å²) in [5.74, 6) is 0.547. The molecule has 2 N–H and O–H groups in total. The van der Waals surface area contributed by atoms with Crippen molar-refractivity contribution in [2.75, 3.05) is 25.9 Å². The first-order valence-electron chi connectivity index (χ1n) is 8.95. The first kappa shape index (κ1) is 19.7. The van der Waals surface area contributed by atoms with E-state index < -0.39 is 15.7 Å². The fraction of sp³-hybridized carbons (Fsp3) is 0.611. The zero-order chi connectivity index (χ0) is 18.1. The van der Waals surface area contributed by atoms with Gasteiger partial charge in [-0.15, -0.1) is 0 Å². The number of hydrogen-bond donors (Lipinski definition) is 2. The maximum atomic E-state index is 13.6. The van der Waals surface area contributed by atoms with Gasteiger partial charge in [0.2, 0.25) is 0 Å². The molecular weight excluding hydrogens is 341 g/mol. The topological polar surface area (TPSA) is 70.6 Å². The molecule has 5 nitrogen and oxygen atoms in total. The summed E-state index contributed by atoms with van der Waals surface area (Å²) in [6, 6.07) is 5.45. The van der Waals surface area contributed by atoms with Gasteiger partial charge in [0.15, 0.2) is 15.8 Å². The summed E-state index contributed by atoms with van der Waals surface area (Å²) in [7, 11) is -2.00. The second-order valence-corrected chi connectivity index (χ2v) is 8.55. The van der Waals surface area contributed by atoms with Crippen LogP contribution in [0.1, 0.15) is 38.5 Å². The van der Waals surface area contributed by atoms with E-state index in [4.69, 9.17) is 0 Å². The number of rotatable bonds is 8. The van der Waals surface area contributed by atoms with Crippen LogP contribution in [-0.4, -0.2) is 40.3 Å². The zero-order valence-electron chi connectivity index (χ0n) is 14.8. The highest BCUT2D eigenvalue weighted by molar-refractivity contribution is 7.91. The van der Waals surface area contributed by atoms with Crippen LogP contribution < -0.4 is 10.6 Å². The van der Waals surface area contributed by atoms with Crippen molar-refractivity contribution in [1.29, 1.82) is 0 Å². The molecule has 140 valence electrons. The minimum Gasteiger partial charge on any atom is -0.356 e. The quantitative estimate of drug-likeness (QED) is 0.420. The fourth-order valence-electron chi connectivity index (χ4n) is 3.23. The van der Waals surface area contributed by atoms with Crippen LogP contribution in [0.5, 0.6) is 0 Å². The Morgan fingerprint density at radius 3 is 2.56 bits per heavy atom. The van der Waals surface area contributed by atoms with Crippen molar-refractivity contribution in [3.05, 3.63) is 30.1 Å². The number of nitrogens with zero attached hydrogens (tertiary/aromatic N) is 1. The molecule has 1 aromatic rings. The number of guanidine groups is 1. The van der Waals surface area contributed by atoms with Crippen molar-refractivity contribution < 1.29 is 12.8 Å². The van der Waals surface area contributed by atoms with Gasteiger partial charge in [0.1, 0.15) is 10.7 Å². The molecule has 0 heterocycles. The second kappa shape index (κ2) is 9.75. The molecule has 0 atom stereocenters. The molecule has 0 aromatic heterocycles. The molecule has 0 bridgehead atoms. The lowest BCUT2D eigenvalue weighted by molar-refractivity contribution is 0.481. The Bertz CT molecular complexity index is 671. The van der Waals surface area contributed by atoms with Crippen LogP contribution in [0, 0.1) is 11.7 Å². The molecule has 25 heavy (non-hydrogen) atoms. The Morgan fingerprint density at radius 1 is 1.20 bits per heavy atom. The van der Waals surface area contributed by atoms with E-state index in [-0.39, 0.29) is 17.2 Å². The molecule has 0 spiro atoms. The van der Waals surface area contributed by atoms with Gasteiger partial charge in [0.05, 0.1) is 5.75 Å². The molecule has 2 rings (SSSR count). The predicted molar refractivity (Wildman–Crippen MR) is 99.0 cm³/mol. The Morgan fingerprint density at radius 2 is 1.88 bits per heavy atom. The van der Waals surface area contributed by atoms with Crippen molar-refractivity contribution in [3.8, 4) is 0 Å². The number of benzene rings is 1. The first-order valence-corrected chi connectivity index (χ1v) is 10.6. The molecule has 1 aliphatic rings. The van der Waals surface area contributed by atoms with Crippen LogP contribution in [0.3, 0.4) is 0 Å². The van der Waals surface area contributed by atoms with Crippen LogP contribution in [0.4, 0.5) is 4.39 Å². The van der Waals surface area contributed by atoms with E-state index >= 15 is 0 Å². The van der Waals surface area contributed by atoms with Gasteiger partial charge in [-0.3, -0.25) is 4.99 Å². The maximum absolute atomic E-state index is 13.6. The Labute approximate surface area is 150 Å². The number of nitrogens with one attached hydrogen (secondary N) is 2. The van der Waals surface area contributed by atoms with E-state index in [2.05, 4.69) is 15.6 Å². The van der Waals surface area contributed by atoms with Crippen LogP contribution in [0.25, 0.3) is 0 Å². The fourth-order valence-corrected chi connectivity index (χ4v) is 4.47. The van der Waals surface area contributed by atoms with Crippen LogP contribution in [0.15, 0.2) is 34.2 Å². The minimum atomic E-state index is -3.65. The van der Waals surface area contributed by atoms with Crippen LogP contribution in [0.2, 0.25) is 0 Å². The standard InChI is InChI=1S/C18H28FN3O2S/c1-20-18(21-12-6-9-15-7-2-3-8-15)22-13-14-25(23,24)17-11-5-4-10-16(17)19/h4-5,10-11,15H,2-3,6-9,12-14H2,1H3,(H2,20,21,22). The molecule has 7 heteroatoms. The first-order chi connectivity index (χ1) is 12.0. The van der Waals surface area contributed by atoms with Crippen LogP contribution >= 0.6 is 0 Å². The molecule has 1 aromatic carbocycles. The molecule has 0 unspecified atom stereocenters. The third-order valence-electron chi connectivity index (χ3n) is 4.61. The number of halogens is 1. The Hall–Kier alpha value is -1.63. The van der Waals surface area contributed by atoms with Gasteiger partial charge in [-0.05, 0) is 30.9 Å². The average Bonchev–Trinajstić information content (AvgIpc) is 3.10. The highest BCUT2D eigenvalue weighted by Crippen LogP contribution is 2.28. The SMILES string of the molecule is CN=C(NCCCC1CCCC1)NCCS(=O)(=O)c1ccccc1F. The van der Waals surface area contributed by atoms with Crippen molar-refractivity contribution in [2.24, 2.45) is 10.9 Å². The molecule has 1 aliphatic carbocycles. The summed E-state index contributed by atoms with van der Waals surface area (Å²) in [5, 5.41) is 6.18. The van der Waals surface area contributed by atoms with Gasteiger partial charge in [-0.25, -0.2) is 12.8 Å². The second-order valence-electron chi connectivity index (χ2n) is 6.47. The van der Waals surface area contributed by atoms with E-state index in [1.165, 1.54) is 50.3 Å². The molecule has 0 aliphatic heterocycles. The largest absolute Gasteiger partial charge is 0.356 e. The third kappa shape index (κ3) is 6.30. The smallest absolute Gasteiger partial charge is 0.191 e. The van der Waals surface area contributed by atoms with Crippen LogP contribution in [-0.2, 0) is 9.84 Å². The Balaban J connectivity index is 1.70. The lowest BCUT2D eigenvalue weighted by atomic mass is 10.0. The molecule has 0 radical (unpaired) electrons.